The van der Waals surface area contributed by atoms with Crippen LogP contribution in [-0.2, 0) is 11.2 Å². The first kappa shape index (κ1) is 22.1. The van der Waals surface area contributed by atoms with Crippen molar-refractivity contribution < 1.29 is 9.59 Å². The molecular formula is C29H32N4O2. The van der Waals surface area contributed by atoms with Crippen LogP contribution in [0.1, 0.15) is 71.4 Å². The summed E-state index contributed by atoms with van der Waals surface area (Å²) >= 11 is 0. The van der Waals surface area contributed by atoms with Crippen LogP contribution in [0.2, 0.25) is 0 Å². The maximum atomic E-state index is 14.1. The summed E-state index contributed by atoms with van der Waals surface area (Å²) in [7, 11) is 0. The Morgan fingerprint density at radius 3 is 2.60 bits per heavy atom. The zero-order valence-corrected chi connectivity index (χ0v) is 19.9. The fourth-order valence-corrected chi connectivity index (χ4v) is 6.71. The molecule has 2 heterocycles. The van der Waals surface area contributed by atoms with Crippen molar-refractivity contribution in [3.63, 3.8) is 0 Å². The van der Waals surface area contributed by atoms with Gasteiger partial charge in [0.25, 0.3) is 5.91 Å². The molecule has 180 valence electrons. The second kappa shape index (κ2) is 9.33. The van der Waals surface area contributed by atoms with Crippen molar-refractivity contribution in [1.29, 1.82) is 0 Å². The van der Waals surface area contributed by atoms with Crippen molar-refractivity contribution in [2.75, 3.05) is 6.54 Å². The fraction of sp³-hybridized carbons (Fsp3) is 0.414. The lowest BCUT2D eigenvalue weighted by atomic mass is 9.72. The van der Waals surface area contributed by atoms with Crippen LogP contribution in [0.5, 0.6) is 0 Å². The SMILES string of the molecule is O=C(N[C@@H]1CCCC[C@@H]1C(=O)N1CC[C@@H]2[C@H](c3ncc[nH]3)Cc3ccccc3[C@@H]21)c1ccccc1. The standard InChI is InChI=1S/C29H32N4O2/c34-28(19-8-2-1-3-9-19)32-25-13-7-6-12-23(25)29(35)33-17-14-22-24(27-30-15-16-31-27)18-20-10-4-5-11-21(20)26(22)33/h1-5,8-11,15-16,22-26H,6-7,12-14,17-18H2,(H,30,31)(H,32,34)/t22-,23+,24-,25-,26+/m1/s1. The molecule has 1 saturated carbocycles. The number of carbonyl (C=O) groups is 2. The Balaban J connectivity index is 1.27. The molecule has 6 nitrogen and oxygen atoms in total. The number of rotatable bonds is 4. The first-order valence-electron chi connectivity index (χ1n) is 12.9. The van der Waals surface area contributed by atoms with E-state index in [0.29, 0.717) is 11.5 Å². The van der Waals surface area contributed by atoms with Gasteiger partial charge in [0, 0.05) is 36.5 Å². The number of H-pyrrole nitrogens is 1. The second-order valence-electron chi connectivity index (χ2n) is 10.2. The average molecular weight is 469 g/mol. The molecule has 2 fully saturated rings. The van der Waals surface area contributed by atoms with E-state index in [2.05, 4.69) is 44.5 Å². The number of amides is 2. The number of nitrogens with zero attached hydrogens (tertiary/aromatic N) is 2. The van der Waals surface area contributed by atoms with Crippen LogP contribution >= 0.6 is 0 Å². The molecule has 1 aliphatic heterocycles. The summed E-state index contributed by atoms with van der Waals surface area (Å²) in [5, 5.41) is 3.21. The zero-order valence-electron chi connectivity index (χ0n) is 19.9. The van der Waals surface area contributed by atoms with Crippen LogP contribution in [0.25, 0.3) is 0 Å². The van der Waals surface area contributed by atoms with Crippen molar-refractivity contribution in [1.82, 2.24) is 20.2 Å². The topological polar surface area (TPSA) is 78.1 Å². The number of aromatic amines is 1. The van der Waals surface area contributed by atoms with E-state index in [0.717, 1.165) is 50.9 Å². The molecule has 0 bridgehead atoms. The van der Waals surface area contributed by atoms with Crippen LogP contribution < -0.4 is 5.32 Å². The van der Waals surface area contributed by atoms with E-state index >= 15 is 0 Å². The van der Waals surface area contributed by atoms with Crippen LogP contribution in [0, 0.1) is 11.8 Å². The molecule has 2 N–H and O–H groups in total. The van der Waals surface area contributed by atoms with Gasteiger partial charge < -0.3 is 15.2 Å². The molecule has 35 heavy (non-hydrogen) atoms. The van der Waals surface area contributed by atoms with Gasteiger partial charge >= 0.3 is 0 Å². The monoisotopic (exact) mass is 468 g/mol. The number of nitrogens with one attached hydrogen (secondary N) is 2. The first-order chi connectivity index (χ1) is 17.2. The molecule has 1 aromatic heterocycles. The molecule has 6 rings (SSSR count). The van der Waals surface area contributed by atoms with Crippen LogP contribution in [-0.4, -0.2) is 39.3 Å². The largest absolute Gasteiger partial charge is 0.349 e. The smallest absolute Gasteiger partial charge is 0.251 e. The van der Waals surface area contributed by atoms with E-state index in [1.807, 2.05) is 42.7 Å². The Hall–Kier alpha value is -3.41. The molecule has 6 heteroatoms. The molecule has 0 radical (unpaired) electrons. The molecule has 5 atom stereocenters. The van der Waals surface area contributed by atoms with Gasteiger partial charge in [-0.2, -0.15) is 0 Å². The van der Waals surface area contributed by atoms with Gasteiger partial charge in [0.15, 0.2) is 0 Å². The lowest BCUT2D eigenvalue weighted by Crippen LogP contribution is -2.50. The minimum atomic E-state index is -0.175. The maximum Gasteiger partial charge on any atom is 0.251 e. The highest BCUT2D eigenvalue weighted by Gasteiger charge is 2.48. The number of likely N-dealkylation sites (tertiary alicyclic amines) is 1. The summed E-state index contributed by atoms with van der Waals surface area (Å²) in [6, 6.07) is 17.8. The third-order valence-corrected chi connectivity index (χ3v) is 8.36. The number of benzene rings is 2. The van der Waals surface area contributed by atoms with E-state index in [1.165, 1.54) is 11.1 Å². The zero-order chi connectivity index (χ0) is 23.8. The van der Waals surface area contributed by atoms with Gasteiger partial charge in [0.05, 0.1) is 12.0 Å². The van der Waals surface area contributed by atoms with Crippen LogP contribution in [0.3, 0.4) is 0 Å². The van der Waals surface area contributed by atoms with E-state index in [4.69, 9.17) is 0 Å². The molecular weight excluding hydrogens is 436 g/mol. The van der Waals surface area contributed by atoms with Gasteiger partial charge in [-0.1, -0.05) is 55.3 Å². The average Bonchev–Trinajstić information content (AvgIpc) is 3.60. The molecule has 1 saturated heterocycles. The fourth-order valence-electron chi connectivity index (χ4n) is 6.71. The van der Waals surface area contributed by atoms with Crippen LogP contribution in [0.15, 0.2) is 67.0 Å². The normalized spacial score (nSPS) is 27.7. The number of carbonyl (C=O) groups excluding carboxylic acids is 2. The summed E-state index contributed by atoms with van der Waals surface area (Å²) in [5.74, 6) is 1.59. The number of fused-ring (bicyclic) bond motifs is 3. The van der Waals surface area contributed by atoms with E-state index in [-0.39, 0.29) is 35.7 Å². The number of hydrogen-bond donors (Lipinski definition) is 2. The Morgan fingerprint density at radius 1 is 0.971 bits per heavy atom. The lowest BCUT2D eigenvalue weighted by molar-refractivity contribution is -0.139. The Kier molecular flexibility index (Phi) is 5.88. The maximum absolute atomic E-state index is 14.1. The first-order valence-corrected chi connectivity index (χ1v) is 12.9. The summed E-state index contributed by atoms with van der Waals surface area (Å²) in [6.45, 7) is 0.759. The minimum absolute atomic E-state index is 0.0648. The van der Waals surface area contributed by atoms with Crippen molar-refractivity contribution in [2.24, 2.45) is 11.8 Å². The Bertz CT molecular complexity index is 1190. The lowest BCUT2D eigenvalue weighted by Gasteiger charge is -2.40. The summed E-state index contributed by atoms with van der Waals surface area (Å²) < 4.78 is 0. The van der Waals surface area contributed by atoms with Crippen molar-refractivity contribution >= 4 is 11.8 Å². The highest BCUT2D eigenvalue weighted by molar-refractivity contribution is 5.94. The number of imidazole rings is 1. The second-order valence-corrected chi connectivity index (χ2v) is 10.2. The van der Waals surface area contributed by atoms with E-state index in [9.17, 15) is 9.59 Å². The molecule has 2 aromatic carbocycles. The van der Waals surface area contributed by atoms with Gasteiger partial charge in [-0.05, 0) is 54.9 Å². The minimum Gasteiger partial charge on any atom is -0.349 e. The van der Waals surface area contributed by atoms with Crippen LogP contribution in [0.4, 0.5) is 0 Å². The van der Waals surface area contributed by atoms with Crippen molar-refractivity contribution in [3.05, 3.63) is 89.5 Å². The molecule has 2 amide bonds. The molecule has 2 aliphatic carbocycles. The summed E-state index contributed by atoms with van der Waals surface area (Å²) in [6.07, 6.45) is 9.39. The molecule has 0 spiro atoms. The quantitative estimate of drug-likeness (QED) is 0.586. The predicted octanol–water partition coefficient (Wildman–Crippen LogP) is 4.63. The number of aromatic nitrogens is 2. The van der Waals surface area contributed by atoms with Gasteiger partial charge in [-0.25, -0.2) is 4.98 Å². The van der Waals surface area contributed by atoms with Gasteiger partial charge in [0.2, 0.25) is 5.91 Å². The third kappa shape index (κ3) is 4.05. The summed E-state index contributed by atoms with van der Waals surface area (Å²) in [5.41, 5.74) is 3.24. The number of hydrogen-bond acceptors (Lipinski definition) is 3. The molecule has 3 aromatic rings. The predicted molar refractivity (Wildman–Crippen MR) is 134 cm³/mol. The van der Waals surface area contributed by atoms with E-state index in [1.54, 1.807) is 0 Å². The molecule has 3 aliphatic rings. The summed E-state index contributed by atoms with van der Waals surface area (Å²) in [4.78, 5) is 37.1. The van der Waals surface area contributed by atoms with Gasteiger partial charge in [-0.15, -0.1) is 0 Å². The Morgan fingerprint density at radius 2 is 1.77 bits per heavy atom. The Labute approximate surface area is 206 Å². The van der Waals surface area contributed by atoms with Gasteiger partial charge in [0.1, 0.15) is 5.82 Å². The third-order valence-electron chi connectivity index (χ3n) is 8.36. The highest BCUT2D eigenvalue weighted by atomic mass is 16.2. The van der Waals surface area contributed by atoms with E-state index < -0.39 is 0 Å². The highest BCUT2D eigenvalue weighted by Crippen LogP contribution is 2.51. The van der Waals surface area contributed by atoms with Crippen molar-refractivity contribution in [2.45, 2.75) is 56.5 Å². The van der Waals surface area contributed by atoms with Crippen molar-refractivity contribution in [3.8, 4) is 0 Å². The molecule has 0 unspecified atom stereocenters. The van der Waals surface area contributed by atoms with Gasteiger partial charge in [-0.3, -0.25) is 9.59 Å².